The average Bonchev–Trinajstić information content (AvgIpc) is 2.45. The molecule has 0 aliphatic rings. The first-order valence-corrected chi connectivity index (χ1v) is 6.06. The van der Waals surface area contributed by atoms with Crippen LogP contribution in [0.15, 0.2) is 58.8 Å². The minimum Gasteiger partial charge on any atom is -0.423 e. The second-order valence-corrected chi connectivity index (χ2v) is 4.24. The van der Waals surface area contributed by atoms with Crippen LogP contribution in [0.5, 0.6) is 0 Å². The molecule has 6 heteroatoms. The lowest BCUT2D eigenvalue weighted by Crippen LogP contribution is -2.29. The predicted molar refractivity (Wildman–Crippen MR) is 76.9 cm³/mol. The first kappa shape index (κ1) is 14.1. The Morgan fingerprint density at radius 2 is 1.65 bits per heavy atom. The molecule has 0 atom stereocenters. The van der Waals surface area contributed by atoms with E-state index in [4.69, 9.17) is 0 Å². The molecule has 100 valence electrons. The summed E-state index contributed by atoms with van der Waals surface area (Å²) in [7, 11) is -1.59. The molecule has 2 aromatic carbocycles. The van der Waals surface area contributed by atoms with E-state index in [1.807, 2.05) is 0 Å². The second kappa shape index (κ2) is 6.23. The molecule has 0 unspecified atom stereocenters. The summed E-state index contributed by atoms with van der Waals surface area (Å²) in [5.41, 5.74) is 1.86. The fourth-order valence-corrected chi connectivity index (χ4v) is 1.67. The Morgan fingerprint density at radius 3 is 2.25 bits per heavy atom. The number of hydrogen-bond donors (Lipinski definition) is 2. The minimum absolute atomic E-state index is 0.0118. The Morgan fingerprint density at radius 1 is 1.00 bits per heavy atom. The molecule has 0 amide bonds. The van der Waals surface area contributed by atoms with Crippen LogP contribution in [0.3, 0.4) is 0 Å². The van der Waals surface area contributed by atoms with Crippen molar-refractivity contribution in [2.45, 2.75) is 6.92 Å². The summed E-state index contributed by atoms with van der Waals surface area (Å²) in [6, 6.07) is 13.3. The van der Waals surface area contributed by atoms with Crippen molar-refractivity contribution in [3.63, 3.8) is 0 Å². The number of Topliss-reactive ketones (excluding diaryl/α,β-unsaturated/α-hetero) is 1. The van der Waals surface area contributed by atoms with E-state index in [1.54, 1.807) is 48.5 Å². The zero-order valence-corrected chi connectivity index (χ0v) is 10.9. The normalized spacial score (nSPS) is 10.8. The number of benzene rings is 2. The Balaban J connectivity index is 2.23. The molecule has 0 spiro atoms. The zero-order valence-electron chi connectivity index (χ0n) is 10.9. The van der Waals surface area contributed by atoms with Crippen molar-refractivity contribution < 1.29 is 14.8 Å². The van der Waals surface area contributed by atoms with Gasteiger partial charge in [0.1, 0.15) is 0 Å². The van der Waals surface area contributed by atoms with Gasteiger partial charge >= 0.3 is 7.12 Å². The predicted octanol–water partition coefficient (Wildman–Crippen LogP) is 1.98. The van der Waals surface area contributed by atoms with Gasteiger partial charge in [-0.05, 0) is 37.3 Å². The number of ketones is 1. The lowest BCUT2D eigenvalue weighted by Gasteiger charge is -2.02. The van der Waals surface area contributed by atoms with Gasteiger partial charge in [0.05, 0.1) is 11.4 Å². The third-order valence-electron chi connectivity index (χ3n) is 2.76. The van der Waals surface area contributed by atoms with Crippen molar-refractivity contribution in [3.05, 3.63) is 54.1 Å². The van der Waals surface area contributed by atoms with Gasteiger partial charge in [-0.1, -0.05) is 18.2 Å². The van der Waals surface area contributed by atoms with Crippen LogP contribution in [0.25, 0.3) is 0 Å². The Hall–Kier alpha value is -2.31. The van der Waals surface area contributed by atoms with Crippen LogP contribution in [0.1, 0.15) is 17.3 Å². The fraction of sp³-hybridized carbons (Fsp3) is 0.0714. The highest BCUT2D eigenvalue weighted by molar-refractivity contribution is 6.60. The molecule has 2 aromatic rings. The third-order valence-corrected chi connectivity index (χ3v) is 2.76. The molecule has 2 N–H and O–H groups in total. The molecule has 0 aliphatic heterocycles. The largest absolute Gasteiger partial charge is 0.490 e. The second-order valence-electron chi connectivity index (χ2n) is 4.24. The fourth-order valence-electron chi connectivity index (χ4n) is 1.67. The standard InChI is InChI=1S/C14H13BN2O3/c1-10(18)11-6-8-12(9-7-11)16-17-14-5-3-2-4-13(14)15(19)20/h2-9,19-20H,1H3/b17-16-. The third kappa shape index (κ3) is 3.37. The molecule has 2 rings (SSSR count). The molecule has 0 aromatic heterocycles. The number of nitrogens with zero attached hydrogens (tertiary/aromatic N) is 2. The molecule has 0 saturated carbocycles. The summed E-state index contributed by atoms with van der Waals surface area (Å²) in [6.07, 6.45) is 0. The van der Waals surface area contributed by atoms with Gasteiger partial charge in [-0.2, -0.15) is 10.2 Å². The number of azo groups is 1. The molecule has 0 fully saturated rings. The lowest BCUT2D eigenvalue weighted by molar-refractivity contribution is 0.101. The van der Waals surface area contributed by atoms with Crippen LogP contribution in [0, 0.1) is 0 Å². The van der Waals surface area contributed by atoms with E-state index in [9.17, 15) is 14.8 Å². The summed E-state index contributed by atoms with van der Waals surface area (Å²) in [6.45, 7) is 1.50. The molecule has 0 saturated heterocycles. The van der Waals surface area contributed by atoms with E-state index >= 15 is 0 Å². The van der Waals surface area contributed by atoms with Gasteiger partial charge in [-0.15, -0.1) is 0 Å². The van der Waals surface area contributed by atoms with E-state index in [1.165, 1.54) is 6.92 Å². The molecule has 20 heavy (non-hydrogen) atoms. The Kier molecular flexibility index (Phi) is 4.39. The van der Waals surface area contributed by atoms with Crippen molar-refractivity contribution in [2.75, 3.05) is 0 Å². The monoisotopic (exact) mass is 268 g/mol. The first-order chi connectivity index (χ1) is 9.58. The molecule has 0 bridgehead atoms. The Labute approximate surface area is 116 Å². The van der Waals surface area contributed by atoms with Crippen molar-refractivity contribution in [3.8, 4) is 0 Å². The van der Waals surface area contributed by atoms with Crippen molar-refractivity contribution in [1.82, 2.24) is 0 Å². The zero-order chi connectivity index (χ0) is 14.5. The van der Waals surface area contributed by atoms with E-state index in [-0.39, 0.29) is 11.2 Å². The van der Waals surface area contributed by atoms with Crippen LogP contribution < -0.4 is 5.46 Å². The van der Waals surface area contributed by atoms with Gasteiger partial charge in [-0.25, -0.2) is 0 Å². The Bertz CT molecular complexity index is 639. The van der Waals surface area contributed by atoms with Crippen LogP contribution in [0.2, 0.25) is 0 Å². The number of carbonyl (C=O) groups is 1. The quantitative estimate of drug-likeness (QED) is 0.505. The molecule has 0 heterocycles. The molecular weight excluding hydrogens is 255 g/mol. The summed E-state index contributed by atoms with van der Waals surface area (Å²) >= 11 is 0. The average molecular weight is 268 g/mol. The maximum atomic E-state index is 11.1. The maximum Gasteiger partial charge on any atom is 0.490 e. The maximum absolute atomic E-state index is 11.1. The number of carbonyl (C=O) groups excluding carboxylic acids is 1. The summed E-state index contributed by atoms with van der Waals surface area (Å²) in [5, 5.41) is 26.4. The van der Waals surface area contributed by atoms with Crippen molar-refractivity contribution >= 4 is 29.7 Å². The smallest absolute Gasteiger partial charge is 0.423 e. The van der Waals surface area contributed by atoms with Gasteiger partial charge in [0.25, 0.3) is 0 Å². The highest BCUT2D eigenvalue weighted by Crippen LogP contribution is 2.17. The van der Waals surface area contributed by atoms with E-state index in [0.717, 1.165) is 0 Å². The molecule has 0 aliphatic carbocycles. The topological polar surface area (TPSA) is 82.2 Å². The van der Waals surface area contributed by atoms with Gasteiger partial charge < -0.3 is 10.0 Å². The van der Waals surface area contributed by atoms with Crippen molar-refractivity contribution in [2.24, 2.45) is 10.2 Å². The van der Waals surface area contributed by atoms with Crippen LogP contribution in [-0.2, 0) is 0 Å². The van der Waals surface area contributed by atoms with E-state index in [2.05, 4.69) is 10.2 Å². The minimum atomic E-state index is -1.59. The summed E-state index contributed by atoms with van der Waals surface area (Å²) < 4.78 is 0. The highest BCUT2D eigenvalue weighted by atomic mass is 16.4. The van der Waals surface area contributed by atoms with Gasteiger partial charge in [0.2, 0.25) is 0 Å². The van der Waals surface area contributed by atoms with E-state index in [0.29, 0.717) is 16.9 Å². The number of hydrogen-bond acceptors (Lipinski definition) is 5. The number of rotatable bonds is 4. The van der Waals surface area contributed by atoms with Gasteiger partial charge in [0.15, 0.2) is 5.78 Å². The van der Waals surface area contributed by atoms with Gasteiger partial charge in [-0.3, -0.25) is 4.79 Å². The van der Waals surface area contributed by atoms with Crippen LogP contribution in [0.4, 0.5) is 11.4 Å². The first-order valence-electron chi connectivity index (χ1n) is 6.06. The lowest BCUT2D eigenvalue weighted by atomic mass is 9.79. The molecule has 5 nitrogen and oxygen atoms in total. The summed E-state index contributed by atoms with van der Waals surface area (Å²) in [4.78, 5) is 11.1. The van der Waals surface area contributed by atoms with Gasteiger partial charge in [0, 0.05) is 11.0 Å². The summed E-state index contributed by atoms with van der Waals surface area (Å²) in [5.74, 6) is -0.0118. The molecular formula is C14H13BN2O3. The molecule has 0 radical (unpaired) electrons. The van der Waals surface area contributed by atoms with Crippen LogP contribution >= 0.6 is 0 Å². The highest BCUT2D eigenvalue weighted by Gasteiger charge is 2.14. The SMILES string of the molecule is CC(=O)c1ccc(/N=N\c2ccccc2B(O)O)cc1. The van der Waals surface area contributed by atoms with E-state index < -0.39 is 7.12 Å². The van der Waals surface area contributed by atoms with Crippen LogP contribution in [-0.4, -0.2) is 22.9 Å². The van der Waals surface area contributed by atoms with Crippen molar-refractivity contribution in [1.29, 1.82) is 0 Å².